The van der Waals surface area contributed by atoms with Gasteiger partial charge in [-0.2, -0.15) is 13.2 Å². The molecule has 3 aliphatic rings. The van der Waals surface area contributed by atoms with Crippen LogP contribution in [0.3, 0.4) is 0 Å². The Morgan fingerprint density at radius 3 is 2.39 bits per heavy atom. The highest BCUT2D eigenvalue weighted by atomic mass is 19.4. The molecule has 1 unspecified atom stereocenters. The Kier molecular flexibility index (Phi) is 6.39. The van der Waals surface area contributed by atoms with Gasteiger partial charge in [0, 0.05) is 38.6 Å². The van der Waals surface area contributed by atoms with Crippen molar-refractivity contribution in [3.8, 4) is 5.75 Å². The number of nitrogens with one attached hydrogen (secondary N) is 1. The van der Waals surface area contributed by atoms with Crippen LogP contribution < -0.4 is 10.1 Å². The van der Waals surface area contributed by atoms with Gasteiger partial charge in [0.25, 0.3) is 0 Å². The first-order valence-electron chi connectivity index (χ1n) is 10.6. The molecule has 0 radical (unpaired) electrons. The average Bonchev–Trinajstić information content (AvgIpc) is 3.18. The van der Waals surface area contributed by atoms with E-state index in [1.807, 2.05) is 24.1 Å². The molecule has 1 aromatic rings. The third-order valence-electron chi connectivity index (χ3n) is 6.67. The molecule has 1 aromatic carbocycles. The predicted molar refractivity (Wildman–Crippen MR) is 116 cm³/mol. The number of methoxy groups -OCH3 is 3. The minimum absolute atomic E-state index is 0.0717. The van der Waals surface area contributed by atoms with Crippen LogP contribution >= 0.6 is 0 Å². The standard InChI is InChI=1S/C24H27F3N2O4/c1-29-14(11-19(32-3)33-4)7-10-16-17-12-18(30)28-22(17)21(24(25,26)27)20(23(16)29)13-5-8-15(31-2)9-6-13/h5-10,14,19-20,23H,11-12H2,1-4H3,(H,28,30)/t14-,20?,23-/m0/s1. The summed E-state index contributed by atoms with van der Waals surface area (Å²) in [5.41, 5.74) is 0.802. The van der Waals surface area contributed by atoms with Crippen molar-refractivity contribution in [2.45, 2.75) is 43.3 Å². The van der Waals surface area contributed by atoms with Gasteiger partial charge in [0.15, 0.2) is 6.29 Å². The van der Waals surface area contributed by atoms with Crippen LogP contribution in [0.2, 0.25) is 0 Å². The maximum absolute atomic E-state index is 14.6. The molecule has 0 aromatic heterocycles. The average molecular weight is 464 g/mol. The molecule has 2 heterocycles. The van der Waals surface area contributed by atoms with Crippen LogP contribution in [-0.4, -0.2) is 63.7 Å². The fourth-order valence-electron chi connectivity index (χ4n) is 5.08. The number of alkyl halides is 3. The molecule has 178 valence electrons. The monoisotopic (exact) mass is 464 g/mol. The first kappa shape index (κ1) is 23.5. The Labute approximate surface area is 190 Å². The summed E-state index contributed by atoms with van der Waals surface area (Å²) >= 11 is 0. The predicted octanol–water partition coefficient (Wildman–Crippen LogP) is 3.67. The zero-order chi connectivity index (χ0) is 23.9. The number of ether oxygens (including phenoxy) is 3. The third-order valence-corrected chi connectivity index (χ3v) is 6.67. The molecule has 9 heteroatoms. The van der Waals surface area contributed by atoms with Gasteiger partial charge >= 0.3 is 6.18 Å². The smallest absolute Gasteiger partial charge is 0.415 e. The molecule has 1 aliphatic carbocycles. The van der Waals surface area contributed by atoms with E-state index in [0.717, 1.165) is 5.57 Å². The Bertz CT molecular complexity index is 1010. The summed E-state index contributed by atoms with van der Waals surface area (Å²) in [6.07, 6.45) is -0.957. The molecule has 2 aliphatic heterocycles. The summed E-state index contributed by atoms with van der Waals surface area (Å²) < 4.78 is 59.5. The number of allylic oxidation sites excluding steroid dienone is 1. The number of nitrogens with zero attached hydrogens (tertiary/aromatic N) is 1. The van der Waals surface area contributed by atoms with E-state index >= 15 is 0 Å². The van der Waals surface area contributed by atoms with Crippen molar-refractivity contribution in [1.82, 2.24) is 10.2 Å². The van der Waals surface area contributed by atoms with Crippen LogP contribution in [0.5, 0.6) is 5.75 Å². The van der Waals surface area contributed by atoms with Crippen molar-refractivity contribution in [1.29, 1.82) is 0 Å². The second-order valence-corrected chi connectivity index (χ2v) is 8.37. The Morgan fingerprint density at radius 2 is 1.82 bits per heavy atom. The summed E-state index contributed by atoms with van der Waals surface area (Å²) in [5.74, 6) is -0.913. The lowest BCUT2D eigenvalue weighted by Crippen LogP contribution is -2.50. The number of likely N-dealkylation sites (N-methyl/N-ethyl adjacent to an activating group) is 1. The zero-order valence-corrected chi connectivity index (χ0v) is 18.9. The fourth-order valence-corrected chi connectivity index (χ4v) is 5.08. The second-order valence-electron chi connectivity index (χ2n) is 8.37. The van der Waals surface area contributed by atoms with E-state index in [2.05, 4.69) is 5.32 Å². The number of benzene rings is 1. The molecule has 0 bridgehead atoms. The molecular formula is C24H27F3N2O4. The highest BCUT2D eigenvalue weighted by molar-refractivity contribution is 5.89. The molecule has 33 heavy (non-hydrogen) atoms. The fraction of sp³-hybridized carbons (Fsp3) is 0.458. The molecule has 0 saturated carbocycles. The van der Waals surface area contributed by atoms with Gasteiger partial charge in [0.1, 0.15) is 5.75 Å². The van der Waals surface area contributed by atoms with E-state index in [0.29, 0.717) is 23.3 Å². The van der Waals surface area contributed by atoms with Gasteiger partial charge in [-0.15, -0.1) is 0 Å². The summed E-state index contributed by atoms with van der Waals surface area (Å²) in [6.45, 7) is 0. The van der Waals surface area contributed by atoms with Crippen LogP contribution in [0.4, 0.5) is 13.2 Å². The van der Waals surface area contributed by atoms with Crippen LogP contribution in [0.25, 0.3) is 0 Å². The van der Waals surface area contributed by atoms with Gasteiger partial charge in [0.05, 0.1) is 24.8 Å². The van der Waals surface area contributed by atoms with Crippen molar-refractivity contribution in [2.75, 3.05) is 28.4 Å². The maximum atomic E-state index is 14.6. The molecule has 0 spiro atoms. The van der Waals surface area contributed by atoms with Crippen LogP contribution in [-0.2, 0) is 14.3 Å². The Balaban J connectivity index is 1.89. The van der Waals surface area contributed by atoms with Crippen molar-refractivity contribution < 1.29 is 32.2 Å². The first-order valence-corrected chi connectivity index (χ1v) is 10.6. The maximum Gasteiger partial charge on any atom is 0.415 e. The quantitative estimate of drug-likeness (QED) is 0.651. The van der Waals surface area contributed by atoms with Gasteiger partial charge in [-0.1, -0.05) is 24.3 Å². The van der Waals surface area contributed by atoms with Crippen molar-refractivity contribution in [3.63, 3.8) is 0 Å². The highest BCUT2D eigenvalue weighted by Crippen LogP contribution is 2.52. The molecule has 1 saturated heterocycles. The minimum atomic E-state index is -4.63. The van der Waals surface area contributed by atoms with Gasteiger partial charge in [0.2, 0.25) is 5.91 Å². The number of hydrogen-bond donors (Lipinski definition) is 1. The number of halogens is 3. The van der Waals surface area contributed by atoms with Gasteiger partial charge in [-0.05, 0) is 35.9 Å². The molecule has 1 fully saturated rings. The summed E-state index contributed by atoms with van der Waals surface area (Å²) in [6, 6.07) is 5.79. The molecule has 1 amide bonds. The SMILES string of the molecule is COc1ccc(C2C(C(F)(F)F)=C3NC(=O)CC3=C3C=C[C@@H](CC(OC)OC)N(C)[C@@H]32)cc1. The summed E-state index contributed by atoms with van der Waals surface area (Å²) in [5, 5.41) is 2.49. The Morgan fingerprint density at radius 1 is 1.15 bits per heavy atom. The Hall–Kier alpha value is -2.62. The normalized spacial score (nSPS) is 25.5. The highest BCUT2D eigenvalue weighted by Gasteiger charge is 2.53. The minimum Gasteiger partial charge on any atom is -0.497 e. The lowest BCUT2D eigenvalue weighted by Gasteiger charge is -2.46. The molecule has 3 atom stereocenters. The van der Waals surface area contributed by atoms with E-state index in [1.54, 1.807) is 24.3 Å². The van der Waals surface area contributed by atoms with E-state index in [4.69, 9.17) is 14.2 Å². The number of carbonyl (C=O) groups excluding carboxylic acids is 1. The van der Waals surface area contributed by atoms with Gasteiger partial charge in [-0.3, -0.25) is 9.69 Å². The lowest BCUT2D eigenvalue weighted by atomic mass is 9.71. The topological polar surface area (TPSA) is 60.0 Å². The molecular weight excluding hydrogens is 437 g/mol. The first-order chi connectivity index (χ1) is 15.7. The van der Waals surface area contributed by atoms with Crippen molar-refractivity contribution >= 4 is 5.91 Å². The summed E-state index contributed by atoms with van der Waals surface area (Å²) in [4.78, 5) is 14.1. The number of carbonyl (C=O) groups is 1. The zero-order valence-electron chi connectivity index (χ0n) is 18.9. The van der Waals surface area contributed by atoms with Gasteiger partial charge < -0.3 is 19.5 Å². The van der Waals surface area contributed by atoms with E-state index in [1.165, 1.54) is 21.3 Å². The number of amides is 1. The van der Waals surface area contributed by atoms with Gasteiger partial charge in [-0.25, -0.2) is 0 Å². The molecule has 6 nitrogen and oxygen atoms in total. The van der Waals surface area contributed by atoms with Crippen molar-refractivity contribution in [3.05, 3.63) is 64.4 Å². The number of hydrogen-bond acceptors (Lipinski definition) is 5. The number of rotatable bonds is 6. The number of fused-ring (bicyclic) bond motifs is 2. The van der Waals surface area contributed by atoms with E-state index < -0.39 is 35.9 Å². The molecule has 4 rings (SSSR count). The lowest BCUT2D eigenvalue weighted by molar-refractivity contribution is -0.118. The second kappa shape index (κ2) is 8.96. The van der Waals surface area contributed by atoms with E-state index in [9.17, 15) is 18.0 Å². The van der Waals surface area contributed by atoms with Crippen LogP contribution in [0, 0.1) is 0 Å². The van der Waals surface area contributed by atoms with E-state index in [-0.39, 0.29) is 18.2 Å². The molecule has 1 N–H and O–H groups in total. The third kappa shape index (κ3) is 4.20. The largest absolute Gasteiger partial charge is 0.497 e. The van der Waals surface area contributed by atoms with Crippen LogP contribution in [0.1, 0.15) is 24.3 Å². The summed E-state index contributed by atoms with van der Waals surface area (Å²) in [7, 11) is 6.37. The van der Waals surface area contributed by atoms with Crippen LogP contribution in [0.15, 0.2) is 58.8 Å². The van der Waals surface area contributed by atoms with Crippen molar-refractivity contribution in [2.24, 2.45) is 0 Å².